The molecular formula is C25H43N3O4S. The van der Waals surface area contributed by atoms with Gasteiger partial charge in [-0.05, 0) is 58.3 Å². The molecule has 3 aliphatic rings. The van der Waals surface area contributed by atoms with Crippen molar-refractivity contribution >= 4 is 29.5 Å². The second kappa shape index (κ2) is 9.06. The van der Waals surface area contributed by atoms with E-state index >= 15 is 0 Å². The van der Waals surface area contributed by atoms with Crippen LogP contribution in [0.15, 0.2) is 0 Å². The molecule has 0 aromatic heterocycles. The van der Waals surface area contributed by atoms with Crippen LogP contribution < -0.4 is 10.6 Å². The van der Waals surface area contributed by atoms with E-state index in [1.807, 2.05) is 20.8 Å². The van der Waals surface area contributed by atoms with Gasteiger partial charge in [-0.2, -0.15) is 0 Å². The van der Waals surface area contributed by atoms with Crippen LogP contribution in [-0.4, -0.2) is 68.5 Å². The van der Waals surface area contributed by atoms with E-state index in [9.17, 15) is 19.5 Å². The third-order valence-electron chi connectivity index (χ3n) is 7.35. The molecule has 3 amide bonds. The van der Waals surface area contributed by atoms with Gasteiger partial charge in [0, 0.05) is 30.0 Å². The Bertz CT molecular complexity index is 795. The van der Waals surface area contributed by atoms with E-state index in [1.165, 1.54) is 0 Å². The number of hydrogen-bond acceptors (Lipinski definition) is 5. The first-order valence-corrected chi connectivity index (χ1v) is 13.2. The Morgan fingerprint density at radius 2 is 1.85 bits per heavy atom. The molecule has 188 valence electrons. The minimum absolute atomic E-state index is 0.0379. The molecule has 3 rings (SSSR count). The molecule has 3 saturated heterocycles. The molecule has 0 aromatic carbocycles. The zero-order valence-electron chi connectivity index (χ0n) is 21.4. The fraction of sp³-hybridized carbons (Fsp3) is 0.880. The highest BCUT2D eigenvalue weighted by Crippen LogP contribution is 2.71. The van der Waals surface area contributed by atoms with Crippen LogP contribution in [0.4, 0.5) is 0 Å². The quantitative estimate of drug-likeness (QED) is 0.470. The Hall–Kier alpha value is -1.28. The molecule has 33 heavy (non-hydrogen) atoms. The van der Waals surface area contributed by atoms with Crippen LogP contribution in [0.25, 0.3) is 0 Å². The van der Waals surface area contributed by atoms with Gasteiger partial charge in [-0.3, -0.25) is 14.4 Å². The van der Waals surface area contributed by atoms with Gasteiger partial charge in [0.1, 0.15) is 6.04 Å². The van der Waals surface area contributed by atoms with Crippen molar-refractivity contribution in [3.63, 3.8) is 0 Å². The second-order valence-corrected chi connectivity index (χ2v) is 14.1. The minimum Gasteiger partial charge on any atom is -0.396 e. The van der Waals surface area contributed by atoms with Crippen molar-refractivity contribution in [2.75, 3.05) is 19.7 Å². The smallest absolute Gasteiger partial charge is 0.244 e. The van der Waals surface area contributed by atoms with E-state index in [1.54, 1.807) is 16.7 Å². The van der Waals surface area contributed by atoms with Crippen LogP contribution >= 0.6 is 11.8 Å². The normalized spacial score (nSPS) is 33.4. The van der Waals surface area contributed by atoms with Crippen molar-refractivity contribution in [3.05, 3.63) is 0 Å². The highest BCUT2D eigenvalue weighted by Gasteiger charge is 2.77. The summed E-state index contributed by atoms with van der Waals surface area (Å²) in [6, 6.07) is -0.628. The van der Waals surface area contributed by atoms with Crippen LogP contribution in [-0.2, 0) is 14.4 Å². The molecule has 2 unspecified atom stereocenters. The van der Waals surface area contributed by atoms with E-state index in [0.29, 0.717) is 19.5 Å². The molecule has 3 heterocycles. The summed E-state index contributed by atoms with van der Waals surface area (Å²) in [6.07, 6.45) is 3.61. The number of amides is 3. The Labute approximate surface area is 203 Å². The molecule has 3 N–H and O–H groups in total. The monoisotopic (exact) mass is 481 g/mol. The number of aliphatic hydroxyl groups excluding tert-OH is 1. The zero-order valence-corrected chi connectivity index (χ0v) is 22.2. The highest BCUT2D eigenvalue weighted by atomic mass is 32.2. The first kappa shape index (κ1) is 26.3. The van der Waals surface area contributed by atoms with E-state index in [2.05, 4.69) is 38.3 Å². The maximum atomic E-state index is 13.9. The fourth-order valence-corrected chi connectivity index (χ4v) is 9.10. The summed E-state index contributed by atoms with van der Waals surface area (Å²) in [4.78, 5) is 42.6. The van der Waals surface area contributed by atoms with Gasteiger partial charge in [0.2, 0.25) is 17.7 Å². The molecule has 0 saturated carbocycles. The summed E-state index contributed by atoms with van der Waals surface area (Å²) in [5.41, 5.74) is -0.394. The molecule has 0 radical (unpaired) electrons. The van der Waals surface area contributed by atoms with Crippen LogP contribution in [0.3, 0.4) is 0 Å². The molecule has 2 bridgehead atoms. The lowest BCUT2D eigenvalue weighted by atomic mass is 9.66. The van der Waals surface area contributed by atoms with E-state index in [0.717, 1.165) is 25.7 Å². The van der Waals surface area contributed by atoms with Crippen molar-refractivity contribution in [1.29, 1.82) is 0 Å². The standard InChI is InChI=1S/C25H43N3O4S/c1-8-12-26-19(30)16-17-21(32)28(13-9-14-29)18(25(17)11-10-24(16,7)33-25)20(31)27-23(5,6)15-22(2,3)4/h16-18,29H,8-15H2,1-7H3,(H,26,30)(H,27,31)/t16-,17+,18?,24+,25?/m1/s1. The van der Waals surface area contributed by atoms with Crippen molar-refractivity contribution in [2.45, 2.75) is 102 Å². The van der Waals surface area contributed by atoms with Gasteiger partial charge in [-0.15, -0.1) is 11.8 Å². The summed E-state index contributed by atoms with van der Waals surface area (Å²) in [5.74, 6) is -1.25. The van der Waals surface area contributed by atoms with Crippen molar-refractivity contribution in [3.8, 4) is 0 Å². The molecule has 3 fully saturated rings. The van der Waals surface area contributed by atoms with Gasteiger partial charge in [-0.25, -0.2) is 0 Å². The Morgan fingerprint density at radius 3 is 2.42 bits per heavy atom. The molecular weight excluding hydrogens is 438 g/mol. The number of aliphatic hydroxyl groups is 1. The van der Waals surface area contributed by atoms with E-state index in [-0.39, 0.29) is 34.5 Å². The van der Waals surface area contributed by atoms with E-state index in [4.69, 9.17) is 0 Å². The van der Waals surface area contributed by atoms with Crippen LogP contribution in [0.5, 0.6) is 0 Å². The molecule has 0 aromatic rings. The Morgan fingerprint density at radius 1 is 1.18 bits per heavy atom. The number of nitrogens with one attached hydrogen (secondary N) is 2. The first-order chi connectivity index (χ1) is 15.2. The van der Waals surface area contributed by atoms with Crippen molar-refractivity contribution < 1.29 is 19.5 Å². The number of carbonyl (C=O) groups excluding carboxylic acids is 3. The predicted molar refractivity (Wildman–Crippen MR) is 132 cm³/mol. The van der Waals surface area contributed by atoms with Gasteiger partial charge in [0.05, 0.1) is 16.6 Å². The SMILES string of the molecule is CCCNC(=O)[C@H]1[C@H]2C(=O)N(CCCO)C(C(=O)NC(C)(C)CC(C)(C)C)C23CC[C@]1(C)S3. The summed E-state index contributed by atoms with van der Waals surface area (Å²) >= 11 is 1.69. The molecule has 5 atom stereocenters. The summed E-state index contributed by atoms with van der Waals surface area (Å²) in [6.45, 7) is 15.5. The number of thioether (sulfide) groups is 1. The molecule has 0 aliphatic carbocycles. The van der Waals surface area contributed by atoms with Gasteiger partial charge in [-0.1, -0.05) is 27.7 Å². The lowest BCUT2D eigenvalue weighted by molar-refractivity contribution is -0.141. The average Bonchev–Trinajstić information content (AvgIpc) is 3.23. The number of fused-ring (bicyclic) bond motifs is 1. The Balaban J connectivity index is 1.96. The van der Waals surface area contributed by atoms with Gasteiger partial charge in [0.25, 0.3) is 0 Å². The van der Waals surface area contributed by atoms with Crippen molar-refractivity contribution in [2.24, 2.45) is 17.3 Å². The topological polar surface area (TPSA) is 98.7 Å². The molecule has 3 aliphatic heterocycles. The minimum atomic E-state index is -0.628. The second-order valence-electron chi connectivity index (χ2n) is 12.2. The zero-order chi connectivity index (χ0) is 24.8. The summed E-state index contributed by atoms with van der Waals surface area (Å²) in [5, 5.41) is 15.7. The van der Waals surface area contributed by atoms with Crippen LogP contribution in [0.1, 0.15) is 80.6 Å². The number of likely N-dealkylation sites (tertiary alicyclic amines) is 1. The van der Waals surface area contributed by atoms with Gasteiger partial charge < -0.3 is 20.6 Å². The lowest BCUT2D eigenvalue weighted by Gasteiger charge is -2.38. The third-order valence-corrected chi connectivity index (χ3v) is 9.33. The first-order valence-electron chi connectivity index (χ1n) is 12.4. The number of hydrogen-bond donors (Lipinski definition) is 3. The van der Waals surface area contributed by atoms with Crippen molar-refractivity contribution in [1.82, 2.24) is 15.5 Å². The number of rotatable bonds is 9. The average molecular weight is 482 g/mol. The Kier molecular flexibility index (Phi) is 7.23. The fourth-order valence-electron chi connectivity index (χ4n) is 6.74. The summed E-state index contributed by atoms with van der Waals surface area (Å²) < 4.78 is -0.946. The maximum absolute atomic E-state index is 13.9. The van der Waals surface area contributed by atoms with Gasteiger partial charge in [0.15, 0.2) is 0 Å². The van der Waals surface area contributed by atoms with Crippen LogP contribution in [0.2, 0.25) is 0 Å². The predicted octanol–water partition coefficient (Wildman–Crippen LogP) is 2.71. The molecule has 8 heteroatoms. The highest BCUT2D eigenvalue weighted by molar-refractivity contribution is 8.02. The van der Waals surface area contributed by atoms with Gasteiger partial charge >= 0.3 is 0 Å². The van der Waals surface area contributed by atoms with E-state index < -0.39 is 28.2 Å². The van der Waals surface area contributed by atoms with Crippen LogP contribution in [0, 0.1) is 17.3 Å². The third kappa shape index (κ3) is 4.79. The summed E-state index contributed by atoms with van der Waals surface area (Å²) in [7, 11) is 0. The lowest BCUT2D eigenvalue weighted by Crippen LogP contribution is -2.58. The number of nitrogens with zero attached hydrogens (tertiary/aromatic N) is 1. The largest absolute Gasteiger partial charge is 0.396 e. The molecule has 7 nitrogen and oxygen atoms in total. The molecule has 1 spiro atoms. The maximum Gasteiger partial charge on any atom is 0.244 e. The number of carbonyl (C=O) groups is 3.